The van der Waals surface area contributed by atoms with Gasteiger partial charge in [-0.15, -0.1) is 0 Å². The zero-order valence-electron chi connectivity index (χ0n) is 14.6. The topological polar surface area (TPSA) is 84.1 Å². The first kappa shape index (κ1) is 18.8. The van der Waals surface area contributed by atoms with Gasteiger partial charge < -0.3 is 10.1 Å². The molecule has 6 nitrogen and oxygen atoms in total. The van der Waals surface area contributed by atoms with Crippen LogP contribution in [0.2, 0.25) is 0 Å². The molecule has 0 aliphatic rings. The van der Waals surface area contributed by atoms with Gasteiger partial charge in [0.1, 0.15) is 5.69 Å². The third-order valence-electron chi connectivity index (χ3n) is 4.05. The van der Waals surface area contributed by atoms with E-state index in [1.807, 2.05) is 54.6 Å². The van der Waals surface area contributed by atoms with Gasteiger partial charge in [0.25, 0.3) is 5.91 Å². The summed E-state index contributed by atoms with van der Waals surface area (Å²) in [7, 11) is 1.32. The van der Waals surface area contributed by atoms with Crippen LogP contribution in [0.25, 0.3) is 11.3 Å². The van der Waals surface area contributed by atoms with Crippen LogP contribution in [0.5, 0.6) is 0 Å². The van der Waals surface area contributed by atoms with Crippen molar-refractivity contribution in [3.8, 4) is 11.3 Å². The van der Waals surface area contributed by atoms with Crippen LogP contribution in [0.1, 0.15) is 28.5 Å². The van der Waals surface area contributed by atoms with Crippen molar-refractivity contribution in [2.45, 2.75) is 12.5 Å². The number of halogens is 1. The molecule has 0 aliphatic carbocycles. The van der Waals surface area contributed by atoms with Crippen LogP contribution < -0.4 is 5.32 Å². The number of hydrogen-bond acceptors (Lipinski definition) is 4. The molecule has 2 N–H and O–H groups in total. The molecule has 1 unspecified atom stereocenters. The highest BCUT2D eigenvalue weighted by atomic mass is 79.9. The Morgan fingerprint density at radius 1 is 1.15 bits per heavy atom. The molecule has 0 aliphatic heterocycles. The fourth-order valence-electron chi connectivity index (χ4n) is 2.66. The fraction of sp³-hybridized carbons (Fsp3) is 0.150. The smallest absolute Gasteiger partial charge is 0.307 e. The standard InChI is InChI=1S/C20H18BrN3O3/c1-27-19(25)12-16(14-8-5-9-15(21)10-14)22-20(26)18-11-17(23-24-18)13-6-3-2-4-7-13/h2-11,16H,12H2,1H3,(H,22,26)(H,23,24). The highest BCUT2D eigenvalue weighted by Gasteiger charge is 2.21. The van der Waals surface area contributed by atoms with Crippen molar-refractivity contribution in [1.29, 1.82) is 0 Å². The number of amides is 1. The molecule has 1 heterocycles. The summed E-state index contributed by atoms with van der Waals surface area (Å²) in [5.74, 6) is -0.756. The predicted octanol–water partition coefficient (Wildman–Crippen LogP) is 3.87. The number of nitrogens with zero attached hydrogens (tertiary/aromatic N) is 1. The minimum atomic E-state index is -0.522. The van der Waals surface area contributed by atoms with Crippen LogP contribution in [0, 0.1) is 0 Å². The van der Waals surface area contributed by atoms with Gasteiger partial charge in [-0.2, -0.15) is 5.10 Å². The van der Waals surface area contributed by atoms with Gasteiger partial charge in [-0.3, -0.25) is 14.7 Å². The maximum absolute atomic E-state index is 12.7. The summed E-state index contributed by atoms with van der Waals surface area (Å²) in [6.07, 6.45) is 0.0262. The Morgan fingerprint density at radius 3 is 2.63 bits per heavy atom. The van der Waals surface area contributed by atoms with Gasteiger partial charge in [-0.25, -0.2) is 0 Å². The largest absolute Gasteiger partial charge is 0.469 e. The summed E-state index contributed by atoms with van der Waals surface area (Å²) in [5.41, 5.74) is 2.70. The molecule has 0 bridgehead atoms. The zero-order chi connectivity index (χ0) is 19.2. The molecule has 0 fully saturated rings. The van der Waals surface area contributed by atoms with Crippen LogP contribution in [-0.4, -0.2) is 29.2 Å². The lowest BCUT2D eigenvalue weighted by molar-refractivity contribution is -0.141. The van der Waals surface area contributed by atoms with E-state index in [9.17, 15) is 9.59 Å². The van der Waals surface area contributed by atoms with Crippen molar-refractivity contribution in [2.24, 2.45) is 0 Å². The molecule has 0 saturated heterocycles. The molecule has 7 heteroatoms. The SMILES string of the molecule is COC(=O)CC(NC(=O)c1cc(-c2ccccc2)n[nH]1)c1cccc(Br)c1. The average Bonchev–Trinajstić information content (AvgIpc) is 3.18. The summed E-state index contributed by atoms with van der Waals surface area (Å²) in [4.78, 5) is 24.5. The average molecular weight is 428 g/mol. The molecule has 1 aromatic heterocycles. The third kappa shape index (κ3) is 4.83. The number of esters is 1. The molecule has 138 valence electrons. The lowest BCUT2D eigenvalue weighted by atomic mass is 10.0. The molecule has 2 aromatic carbocycles. The number of nitrogens with one attached hydrogen (secondary N) is 2. The number of aromatic amines is 1. The molecular formula is C20H18BrN3O3. The summed E-state index contributed by atoms with van der Waals surface area (Å²) >= 11 is 3.41. The second kappa shape index (κ2) is 8.64. The second-order valence-electron chi connectivity index (χ2n) is 5.89. The van der Waals surface area contributed by atoms with E-state index in [2.05, 4.69) is 31.4 Å². The Hall–Kier alpha value is -2.93. The number of aromatic nitrogens is 2. The van der Waals surface area contributed by atoms with Crippen LogP contribution in [0.15, 0.2) is 65.1 Å². The first-order valence-corrected chi connectivity index (χ1v) is 9.10. The van der Waals surface area contributed by atoms with Gasteiger partial charge in [0.15, 0.2) is 0 Å². The minimum Gasteiger partial charge on any atom is -0.469 e. The van der Waals surface area contributed by atoms with Crippen LogP contribution in [0.4, 0.5) is 0 Å². The molecule has 27 heavy (non-hydrogen) atoms. The van der Waals surface area contributed by atoms with E-state index in [4.69, 9.17) is 4.74 Å². The monoisotopic (exact) mass is 427 g/mol. The first-order valence-electron chi connectivity index (χ1n) is 8.31. The summed E-state index contributed by atoms with van der Waals surface area (Å²) in [5, 5.41) is 9.82. The Balaban J connectivity index is 1.80. The van der Waals surface area contributed by atoms with Crippen molar-refractivity contribution in [1.82, 2.24) is 15.5 Å². The first-order chi connectivity index (χ1) is 13.1. The molecule has 3 rings (SSSR count). The Morgan fingerprint density at radius 2 is 1.93 bits per heavy atom. The lowest BCUT2D eigenvalue weighted by Gasteiger charge is -2.18. The maximum Gasteiger partial charge on any atom is 0.307 e. The number of methoxy groups -OCH3 is 1. The van der Waals surface area contributed by atoms with Gasteiger partial charge in [-0.05, 0) is 23.8 Å². The van der Waals surface area contributed by atoms with E-state index in [1.54, 1.807) is 6.07 Å². The Labute approximate surface area is 165 Å². The van der Waals surface area contributed by atoms with Crippen molar-refractivity contribution in [3.63, 3.8) is 0 Å². The van der Waals surface area contributed by atoms with E-state index >= 15 is 0 Å². The van der Waals surface area contributed by atoms with E-state index in [-0.39, 0.29) is 12.3 Å². The van der Waals surface area contributed by atoms with Crippen LogP contribution in [0.3, 0.4) is 0 Å². The fourth-order valence-corrected chi connectivity index (χ4v) is 3.07. The maximum atomic E-state index is 12.7. The van der Waals surface area contributed by atoms with Crippen LogP contribution in [-0.2, 0) is 9.53 Å². The quantitative estimate of drug-likeness (QED) is 0.584. The van der Waals surface area contributed by atoms with Gasteiger partial charge in [0, 0.05) is 10.0 Å². The van der Waals surface area contributed by atoms with Gasteiger partial charge in [0.2, 0.25) is 0 Å². The molecule has 0 spiro atoms. The number of H-pyrrole nitrogens is 1. The normalized spacial score (nSPS) is 11.6. The number of hydrogen-bond donors (Lipinski definition) is 2. The highest BCUT2D eigenvalue weighted by Crippen LogP contribution is 2.22. The zero-order valence-corrected chi connectivity index (χ0v) is 16.2. The van der Waals surface area contributed by atoms with Gasteiger partial charge >= 0.3 is 5.97 Å². The predicted molar refractivity (Wildman–Crippen MR) is 105 cm³/mol. The van der Waals surface area contributed by atoms with E-state index in [0.717, 1.165) is 15.6 Å². The van der Waals surface area contributed by atoms with E-state index in [0.29, 0.717) is 11.4 Å². The lowest BCUT2D eigenvalue weighted by Crippen LogP contribution is -2.30. The third-order valence-corrected chi connectivity index (χ3v) is 4.54. The number of carbonyl (C=O) groups excluding carboxylic acids is 2. The Kier molecular flexibility index (Phi) is 6.03. The Bertz CT molecular complexity index is 940. The van der Waals surface area contributed by atoms with Gasteiger partial charge in [0.05, 0.1) is 25.3 Å². The summed E-state index contributed by atoms with van der Waals surface area (Å²) < 4.78 is 5.62. The number of ether oxygens (including phenoxy) is 1. The molecule has 0 radical (unpaired) electrons. The highest BCUT2D eigenvalue weighted by molar-refractivity contribution is 9.10. The minimum absolute atomic E-state index is 0.0262. The number of benzene rings is 2. The van der Waals surface area contributed by atoms with Crippen LogP contribution >= 0.6 is 15.9 Å². The number of rotatable bonds is 6. The van der Waals surface area contributed by atoms with Crippen molar-refractivity contribution < 1.29 is 14.3 Å². The summed E-state index contributed by atoms with van der Waals surface area (Å²) in [6, 6.07) is 18.1. The molecular weight excluding hydrogens is 410 g/mol. The van der Waals surface area contributed by atoms with E-state index in [1.165, 1.54) is 7.11 Å². The van der Waals surface area contributed by atoms with Crippen molar-refractivity contribution in [3.05, 3.63) is 76.4 Å². The number of carbonyl (C=O) groups is 2. The molecule has 0 saturated carbocycles. The van der Waals surface area contributed by atoms with Crippen molar-refractivity contribution >= 4 is 27.8 Å². The van der Waals surface area contributed by atoms with Crippen molar-refractivity contribution in [2.75, 3.05) is 7.11 Å². The summed E-state index contributed by atoms with van der Waals surface area (Å²) in [6.45, 7) is 0. The second-order valence-corrected chi connectivity index (χ2v) is 6.81. The van der Waals surface area contributed by atoms with E-state index < -0.39 is 12.0 Å². The van der Waals surface area contributed by atoms with Gasteiger partial charge in [-0.1, -0.05) is 58.4 Å². The molecule has 3 aromatic rings. The molecule has 1 atom stereocenters. The molecule has 1 amide bonds.